The van der Waals surface area contributed by atoms with E-state index in [-0.39, 0.29) is 0 Å². The SMILES string of the molecule is CCCc1ccccc1-c1cccc2c1c1ccc3c4ccccc4sc3c1n2-c1c(C#N)c(-n2c3ccccc3c3ccccc32)c(-n2c3ccccc3c3ccccc32)c(C#N)c1-n1c2ccccc2c2ccccc21. The Balaban J connectivity index is 1.23. The Morgan fingerprint density at radius 2 is 0.718 bits per heavy atom. The molecule has 0 fully saturated rings. The molecule has 16 aromatic rings. The smallest absolute Gasteiger partial charge is 0.104 e. The molecule has 78 heavy (non-hydrogen) atoms. The van der Waals surface area contributed by atoms with Crippen molar-refractivity contribution in [2.45, 2.75) is 19.8 Å². The van der Waals surface area contributed by atoms with Crippen molar-refractivity contribution in [2.75, 3.05) is 0 Å². The summed E-state index contributed by atoms with van der Waals surface area (Å²) in [7, 11) is 0. The molecule has 0 unspecified atom stereocenters. The molecule has 11 aromatic carbocycles. The fourth-order valence-corrected chi connectivity index (χ4v) is 14.6. The fourth-order valence-electron chi connectivity index (χ4n) is 13.3. The molecule has 0 bridgehead atoms. The molecule has 0 saturated heterocycles. The zero-order chi connectivity index (χ0) is 51.8. The number of aromatic nitrogens is 4. The molecule has 0 radical (unpaired) electrons. The third kappa shape index (κ3) is 5.94. The van der Waals surface area contributed by atoms with Gasteiger partial charge in [0.1, 0.15) is 23.3 Å². The standard InChI is InChI=1S/C71H44N6S/c1-2-20-43-21-3-4-22-44(43)52-30-19-37-63-65(52)54-40-39-53-51-29-11-18-38-64(51)78-71(53)70(54)77(63)69-56(42-73)67(75-59-33-14-7-25-47(59)48-26-8-15-34-60(48)75)66(74-57-31-12-5-23-45(57)46-24-6-13-32-58(46)74)55(41-72)68(69)76-61-35-16-9-27-49(61)50-28-10-17-36-62(50)76/h3-19,21-40H,2,20H2,1H3. The van der Waals surface area contributed by atoms with Gasteiger partial charge < -0.3 is 18.3 Å². The lowest BCUT2D eigenvalue weighted by Crippen LogP contribution is -2.16. The van der Waals surface area contributed by atoms with Crippen LogP contribution in [0.15, 0.2) is 224 Å². The Hall–Kier alpha value is -10.2. The van der Waals surface area contributed by atoms with Gasteiger partial charge in [0.15, 0.2) is 0 Å². The number of nitriles is 2. The van der Waals surface area contributed by atoms with Crippen molar-refractivity contribution >= 4 is 119 Å². The molecule has 6 nitrogen and oxygen atoms in total. The lowest BCUT2D eigenvalue weighted by Gasteiger charge is -2.27. The number of benzene rings is 11. The molecule has 7 heteroatoms. The number of rotatable bonds is 7. The molecular weight excluding hydrogens is 969 g/mol. The summed E-state index contributed by atoms with van der Waals surface area (Å²) < 4.78 is 11.5. The first-order valence-corrected chi connectivity index (χ1v) is 27.4. The number of fused-ring (bicyclic) bond motifs is 16. The number of nitrogens with zero attached hydrogens (tertiary/aromatic N) is 6. The van der Waals surface area contributed by atoms with Gasteiger partial charge in [-0.05, 0) is 71.6 Å². The summed E-state index contributed by atoms with van der Waals surface area (Å²) in [5.74, 6) is 0. The topological polar surface area (TPSA) is 67.3 Å². The van der Waals surface area contributed by atoms with E-state index in [1.807, 2.05) is 0 Å². The highest BCUT2D eigenvalue weighted by Gasteiger charge is 2.35. The highest BCUT2D eigenvalue weighted by atomic mass is 32.1. The van der Waals surface area contributed by atoms with Crippen LogP contribution in [-0.2, 0) is 6.42 Å². The summed E-state index contributed by atoms with van der Waals surface area (Å²) in [5, 5.41) is 36.5. The maximum Gasteiger partial charge on any atom is 0.104 e. The molecule has 364 valence electrons. The zero-order valence-electron chi connectivity index (χ0n) is 42.4. The largest absolute Gasteiger partial charge is 0.306 e. The molecule has 0 spiro atoms. The van der Waals surface area contributed by atoms with Crippen molar-refractivity contribution in [1.82, 2.24) is 18.3 Å². The minimum absolute atomic E-state index is 0.432. The monoisotopic (exact) mass is 1010 g/mol. The maximum absolute atomic E-state index is 12.9. The summed E-state index contributed by atoms with van der Waals surface area (Å²) in [6, 6.07) is 85.7. The van der Waals surface area contributed by atoms with Crippen molar-refractivity contribution in [1.29, 1.82) is 10.5 Å². The van der Waals surface area contributed by atoms with Gasteiger partial charge in [0.25, 0.3) is 0 Å². The van der Waals surface area contributed by atoms with E-state index >= 15 is 0 Å². The van der Waals surface area contributed by atoms with Crippen LogP contribution in [0.1, 0.15) is 30.0 Å². The minimum Gasteiger partial charge on any atom is -0.306 e. The lowest BCUT2D eigenvalue weighted by molar-refractivity contribution is 0.924. The minimum atomic E-state index is 0.432. The van der Waals surface area contributed by atoms with Gasteiger partial charge >= 0.3 is 0 Å². The van der Waals surface area contributed by atoms with Crippen LogP contribution in [0.4, 0.5) is 0 Å². The van der Waals surface area contributed by atoms with E-state index < -0.39 is 0 Å². The van der Waals surface area contributed by atoms with Crippen molar-refractivity contribution < 1.29 is 0 Å². The van der Waals surface area contributed by atoms with Crippen LogP contribution >= 0.6 is 11.3 Å². The van der Waals surface area contributed by atoms with Gasteiger partial charge in [-0.1, -0.05) is 189 Å². The molecule has 5 aromatic heterocycles. The Morgan fingerprint density at radius 3 is 1.18 bits per heavy atom. The highest BCUT2D eigenvalue weighted by Crippen LogP contribution is 2.52. The third-order valence-electron chi connectivity index (χ3n) is 16.4. The van der Waals surface area contributed by atoms with E-state index in [2.05, 4.69) is 262 Å². The second-order valence-electron chi connectivity index (χ2n) is 20.4. The normalized spacial score (nSPS) is 12.0. The molecular formula is C71H44N6S. The van der Waals surface area contributed by atoms with Crippen molar-refractivity contribution in [3.05, 3.63) is 241 Å². The van der Waals surface area contributed by atoms with Crippen LogP contribution in [0.5, 0.6) is 0 Å². The predicted molar refractivity (Wildman–Crippen MR) is 326 cm³/mol. The van der Waals surface area contributed by atoms with E-state index in [1.54, 1.807) is 11.3 Å². The number of aryl methyl sites for hydroxylation is 1. The van der Waals surface area contributed by atoms with Crippen LogP contribution in [0.25, 0.3) is 141 Å². The van der Waals surface area contributed by atoms with Crippen molar-refractivity contribution in [2.24, 2.45) is 0 Å². The summed E-state index contributed by atoms with van der Waals surface area (Å²) in [6.07, 6.45) is 1.94. The fraction of sp³-hybridized carbons (Fsp3) is 0.0423. The highest BCUT2D eigenvalue weighted by molar-refractivity contribution is 7.26. The molecule has 0 aliphatic rings. The second-order valence-corrected chi connectivity index (χ2v) is 21.4. The van der Waals surface area contributed by atoms with Crippen molar-refractivity contribution in [3.63, 3.8) is 0 Å². The number of para-hydroxylation sites is 6. The van der Waals surface area contributed by atoms with E-state index in [1.165, 1.54) is 21.2 Å². The van der Waals surface area contributed by atoms with Crippen LogP contribution < -0.4 is 0 Å². The molecule has 16 rings (SSSR count). The first-order valence-electron chi connectivity index (χ1n) is 26.6. The Bertz CT molecular complexity index is 5170. The van der Waals surface area contributed by atoms with Crippen LogP contribution in [0.3, 0.4) is 0 Å². The molecule has 5 heterocycles. The number of hydrogen-bond acceptors (Lipinski definition) is 3. The summed E-state index contributed by atoms with van der Waals surface area (Å²) in [4.78, 5) is 0. The third-order valence-corrected chi connectivity index (χ3v) is 17.6. The molecule has 0 aliphatic heterocycles. The first kappa shape index (κ1) is 44.1. The molecule has 0 aliphatic carbocycles. The molecule has 0 atom stereocenters. The summed E-state index contributed by atoms with van der Waals surface area (Å²) in [5.41, 5.74) is 14.5. The summed E-state index contributed by atoms with van der Waals surface area (Å²) in [6.45, 7) is 2.24. The van der Waals surface area contributed by atoms with Crippen LogP contribution in [0.2, 0.25) is 0 Å². The lowest BCUT2D eigenvalue weighted by atomic mass is 9.93. The van der Waals surface area contributed by atoms with Gasteiger partial charge in [0.05, 0.1) is 71.6 Å². The quantitative estimate of drug-likeness (QED) is 0.160. The Labute approximate surface area is 451 Å². The van der Waals surface area contributed by atoms with Gasteiger partial charge in [0.2, 0.25) is 0 Å². The van der Waals surface area contributed by atoms with E-state index in [4.69, 9.17) is 0 Å². The molecule has 0 saturated carbocycles. The summed E-state index contributed by atoms with van der Waals surface area (Å²) >= 11 is 1.78. The maximum atomic E-state index is 12.9. The predicted octanol–water partition coefficient (Wildman–Crippen LogP) is 18.8. The van der Waals surface area contributed by atoms with E-state index in [0.717, 1.165) is 116 Å². The van der Waals surface area contributed by atoms with Crippen molar-refractivity contribution in [3.8, 4) is 46.0 Å². The number of hydrogen-bond donors (Lipinski definition) is 0. The Morgan fingerprint density at radius 1 is 0.346 bits per heavy atom. The van der Waals surface area contributed by atoms with Crippen LogP contribution in [0, 0.1) is 22.7 Å². The van der Waals surface area contributed by atoms with E-state index in [0.29, 0.717) is 33.9 Å². The molecule has 0 N–H and O–H groups in total. The average Bonchev–Trinajstić information content (AvgIpc) is 4.41. The second kappa shape index (κ2) is 16.9. The van der Waals surface area contributed by atoms with E-state index in [9.17, 15) is 10.5 Å². The Kier molecular flexibility index (Phi) is 9.57. The first-order chi connectivity index (χ1) is 38.7. The van der Waals surface area contributed by atoms with Gasteiger partial charge in [0, 0.05) is 58.6 Å². The zero-order valence-corrected chi connectivity index (χ0v) is 43.2. The number of thiophene rings is 1. The van der Waals surface area contributed by atoms with Gasteiger partial charge in [-0.25, -0.2) is 0 Å². The van der Waals surface area contributed by atoms with Gasteiger partial charge in [-0.3, -0.25) is 0 Å². The van der Waals surface area contributed by atoms with Crippen LogP contribution in [-0.4, -0.2) is 18.3 Å². The molecule has 0 amide bonds. The average molecular weight is 1010 g/mol. The van der Waals surface area contributed by atoms with Gasteiger partial charge in [-0.15, -0.1) is 11.3 Å². The van der Waals surface area contributed by atoms with Gasteiger partial charge in [-0.2, -0.15) is 10.5 Å².